The fourth-order valence-corrected chi connectivity index (χ4v) is 4.04. The van der Waals surface area contributed by atoms with Gasteiger partial charge in [-0.3, -0.25) is 9.88 Å². The smallest absolute Gasteiger partial charge is 0.0547 e. The minimum Gasteiger partial charge on any atom is -0.329 e. The molecule has 1 aliphatic rings. The first kappa shape index (κ1) is 16.4. The Hall–Kier alpha value is -0.930. The maximum atomic E-state index is 6.24. The highest BCUT2D eigenvalue weighted by Gasteiger charge is 2.45. The highest BCUT2D eigenvalue weighted by atomic mass is 15.2. The van der Waals surface area contributed by atoms with E-state index in [1.54, 1.807) is 0 Å². The number of aromatic nitrogens is 1. The van der Waals surface area contributed by atoms with Gasteiger partial charge in [0, 0.05) is 24.3 Å². The van der Waals surface area contributed by atoms with Crippen molar-refractivity contribution in [2.24, 2.45) is 17.1 Å². The van der Waals surface area contributed by atoms with Crippen LogP contribution in [0.1, 0.15) is 51.4 Å². The molecule has 0 amide bonds. The van der Waals surface area contributed by atoms with E-state index in [0.717, 1.165) is 24.5 Å². The van der Waals surface area contributed by atoms with Crippen LogP contribution in [0.2, 0.25) is 0 Å². The van der Waals surface area contributed by atoms with Crippen LogP contribution in [-0.2, 0) is 6.54 Å². The maximum absolute atomic E-state index is 6.24. The van der Waals surface area contributed by atoms with Gasteiger partial charge in [-0.05, 0) is 56.7 Å². The molecule has 21 heavy (non-hydrogen) atoms. The summed E-state index contributed by atoms with van der Waals surface area (Å²) in [5, 5.41) is 0. The Morgan fingerprint density at radius 2 is 2.05 bits per heavy atom. The second-order valence-electron chi connectivity index (χ2n) is 7.70. The lowest BCUT2D eigenvalue weighted by atomic mass is 9.63. The van der Waals surface area contributed by atoms with E-state index in [1.807, 2.05) is 13.0 Å². The SMILES string of the molecule is Cc1cccc(CN(C)C2(CN)CCC(C)(C)CC2C)n1. The fourth-order valence-electron chi connectivity index (χ4n) is 4.04. The van der Waals surface area contributed by atoms with Crippen LogP contribution in [-0.4, -0.2) is 29.0 Å². The Balaban J connectivity index is 2.16. The van der Waals surface area contributed by atoms with E-state index in [4.69, 9.17) is 5.73 Å². The summed E-state index contributed by atoms with van der Waals surface area (Å²) >= 11 is 0. The fraction of sp³-hybridized carbons (Fsp3) is 0.722. The zero-order valence-corrected chi connectivity index (χ0v) is 14.3. The zero-order chi connectivity index (χ0) is 15.7. The molecule has 2 rings (SSSR count). The number of rotatable bonds is 4. The third-order valence-corrected chi connectivity index (χ3v) is 5.47. The summed E-state index contributed by atoms with van der Waals surface area (Å²) in [7, 11) is 2.21. The van der Waals surface area contributed by atoms with Crippen molar-refractivity contribution in [2.45, 2.75) is 59.0 Å². The van der Waals surface area contributed by atoms with Gasteiger partial charge in [0.05, 0.1) is 5.69 Å². The number of nitrogens with zero attached hydrogens (tertiary/aromatic N) is 2. The minimum atomic E-state index is 0.112. The molecule has 0 spiro atoms. The summed E-state index contributed by atoms with van der Waals surface area (Å²) in [6.45, 7) is 10.8. The van der Waals surface area contributed by atoms with Gasteiger partial charge >= 0.3 is 0 Å². The van der Waals surface area contributed by atoms with Crippen LogP contribution in [0.4, 0.5) is 0 Å². The quantitative estimate of drug-likeness (QED) is 0.924. The lowest BCUT2D eigenvalue weighted by molar-refractivity contribution is -0.0123. The van der Waals surface area contributed by atoms with Gasteiger partial charge in [-0.15, -0.1) is 0 Å². The second-order valence-corrected chi connectivity index (χ2v) is 7.70. The topological polar surface area (TPSA) is 42.1 Å². The molecular formula is C18H31N3. The Kier molecular flexibility index (Phi) is 4.74. The molecule has 1 aromatic rings. The molecule has 0 radical (unpaired) electrons. The van der Waals surface area contributed by atoms with Crippen LogP contribution in [0.5, 0.6) is 0 Å². The van der Waals surface area contributed by atoms with Crippen molar-refractivity contribution in [1.29, 1.82) is 0 Å². The van der Waals surface area contributed by atoms with E-state index in [-0.39, 0.29) is 5.54 Å². The average Bonchev–Trinajstić information content (AvgIpc) is 2.38. The molecule has 0 aromatic carbocycles. The number of aryl methyl sites for hydroxylation is 1. The minimum absolute atomic E-state index is 0.112. The third-order valence-electron chi connectivity index (χ3n) is 5.47. The third kappa shape index (κ3) is 3.46. The molecule has 1 aliphatic carbocycles. The summed E-state index contributed by atoms with van der Waals surface area (Å²) < 4.78 is 0. The standard InChI is InChI=1S/C18H31N3/c1-14-11-17(3,4)9-10-18(14,13-19)21(5)12-16-8-6-7-15(2)20-16/h6-8,14H,9-13,19H2,1-5H3. The van der Waals surface area contributed by atoms with E-state index in [0.29, 0.717) is 11.3 Å². The Morgan fingerprint density at radius 1 is 1.33 bits per heavy atom. The molecule has 2 N–H and O–H groups in total. The normalized spacial score (nSPS) is 28.8. The molecule has 1 heterocycles. The molecule has 0 aliphatic heterocycles. The summed E-state index contributed by atoms with van der Waals surface area (Å²) in [4.78, 5) is 7.10. The zero-order valence-electron chi connectivity index (χ0n) is 14.3. The Bertz CT molecular complexity index is 483. The molecule has 1 saturated carbocycles. The first-order chi connectivity index (χ1) is 9.79. The van der Waals surface area contributed by atoms with Gasteiger partial charge in [0.2, 0.25) is 0 Å². The van der Waals surface area contributed by atoms with Gasteiger partial charge < -0.3 is 5.73 Å². The van der Waals surface area contributed by atoms with Crippen molar-refractivity contribution in [1.82, 2.24) is 9.88 Å². The van der Waals surface area contributed by atoms with Gasteiger partial charge in [-0.25, -0.2) is 0 Å². The molecule has 1 aromatic heterocycles. The summed E-state index contributed by atoms with van der Waals surface area (Å²) in [5.41, 5.74) is 9.02. The van der Waals surface area contributed by atoms with Crippen LogP contribution >= 0.6 is 0 Å². The maximum Gasteiger partial charge on any atom is 0.0547 e. The van der Waals surface area contributed by atoms with Crippen LogP contribution < -0.4 is 5.73 Å². The number of hydrogen-bond donors (Lipinski definition) is 1. The number of likely N-dealkylation sites (N-methyl/N-ethyl adjacent to an activating group) is 1. The van der Waals surface area contributed by atoms with Crippen LogP contribution in [0, 0.1) is 18.3 Å². The van der Waals surface area contributed by atoms with Gasteiger partial charge in [-0.1, -0.05) is 26.8 Å². The van der Waals surface area contributed by atoms with Crippen LogP contribution in [0.25, 0.3) is 0 Å². The lowest BCUT2D eigenvalue weighted by Gasteiger charge is -2.52. The monoisotopic (exact) mass is 289 g/mol. The largest absolute Gasteiger partial charge is 0.329 e. The second kappa shape index (κ2) is 6.05. The van der Waals surface area contributed by atoms with Crippen molar-refractivity contribution in [3.63, 3.8) is 0 Å². The van der Waals surface area contributed by atoms with Crippen molar-refractivity contribution in [3.05, 3.63) is 29.6 Å². The Labute approximate surface area is 129 Å². The highest BCUT2D eigenvalue weighted by Crippen LogP contribution is 2.46. The molecule has 2 unspecified atom stereocenters. The van der Waals surface area contributed by atoms with E-state index in [2.05, 4.69) is 49.8 Å². The summed E-state index contributed by atoms with van der Waals surface area (Å²) in [6, 6.07) is 6.26. The molecular weight excluding hydrogens is 258 g/mol. The van der Waals surface area contributed by atoms with Gasteiger partial charge in [0.25, 0.3) is 0 Å². The molecule has 3 nitrogen and oxygen atoms in total. The van der Waals surface area contributed by atoms with Gasteiger partial charge in [0.15, 0.2) is 0 Å². The summed E-state index contributed by atoms with van der Waals surface area (Å²) in [6.07, 6.45) is 3.68. The Morgan fingerprint density at radius 3 is 2.62 bits per heavy atom. The first-order valence-corrected chi connectivity index (χ1v) is 8.13. The molecule has 0 bridgehead atoms. The van der Waals surface area contributed by atoms with E-state index in [9.17, 15) is 0 Å². The van der Waals surface area contributed by atoms with Crippen molar-refractivity contribution in [2.75, 3.05) is 13.6 Å². The first-order valence-electron chi connectivity index (χ1n) is 8.13. The van der Waals surface area contributed by atoms with Crippen LogP contribution in [0.15, 0.2) is 18.2 Å². The number of pyridine rings is 1. The predicted molar refractivity (Wildman–Crippen MR) is 89.0 cm³/mol. The lowest BCUT2D eigenvalue weighted by Crippen LogP contribution is -2.59. The van der Waals surface area contributed by atoms with Crippen molar-refractivity contribution >= 4 is 0 Å². The van der Waals surface area contributed by atoms with E-state index >= 15 is 0 Å². The molecule has 3 heteroatoms. The molecule has 118 valence electrons. The average molecular weight is 289 g/mol. The van der Waals surface area contributed by atoms with Crippen molar-refractivity contribution < 1.29 is 0 Å². The molecule has 0 saturated heterocycles. The van der Waals surface area contributed by atoms with E-state index in [1.165, 1.54) is 19.3 Å². The predicted octanol–water partition coefficient (Wildman–Crippen LogP) is 3.37. The van der Waals surface area contributed by atoms with E-state index < -0.39 is 0 Å². The number of nitrogens with two attached hydrogens (primary N) is 1. The van der Waals surface area contributed by atoms with Crippen molar-refractivity contribution in [3.8, 4) is 0 Å². The van der Waals surface area contributed by atoms with Gasteiger partial charge in [0.1, 0.15) is 0 Å². The molecule has 2 atom stereocenters. The number of hydrogen-bond acceptors (Lipinski definition) is 3. The highest BCUT2D eigenvalue weighted by molar-refractivity contribution is 5.11. The summed E-state index contributed by atoms with van der Waals surface area (Å²) in [5.74, 6) is 0.612. The van der Waals surface area contributed by atoms with Crippen LogP contribution in [0.3, 0.4) is 0 Å². The molecule has 1 fully saturated rings. The van der Waals surface area contributed by atoms with Gasteiger partial charge in [-0.2, -0.15) is 0 Å².